The topological polar surface area (TPSA) is 38.1 Å². The summed E-state index contributed by atoms with van der Waals surface area (Å²) in [5.74, 6) is 0.0856. The molecule has 0 bridgehead atoms. The van der Waals surface area contributed by atoms with Gasteiger partial charge in [-0.25, -0.2) is 0 Å². The first-order valence-electron chi connectivity index (χ1n) is 5.93. The van der Waals surface area contributed by atoms with Crippen molar-refractivity contribution in [2.45, 2.75) is 26.2 Å². The van der Waals surface area contributed by atoms with Gasteiger partial charge in [0.1, 0.15) is 5.69 Å². The number of ketones is 1. The molecule has 0 aliphatic carbocycles. The van der Waals surface area contributed by atoms with E-state index in [1.807, 2.05) is 13.1 Å². The van der Waals surface area contributed by atoms with E-state index in [2.05, 4.69) is 10.00 Å². The van der Waals surface area contributed by atoms with Crippen LogP contribution in [0.25, 0.3) is 0 Å². The van der Waals surface area contributed by atoms with Crippen LogP contribution in [-0.4, -0.2) is 40.1 Å². The van der Waals surface area contributed by atoms with Crippen LogP contribution in [0, 0.1) is 0 Å². The molecule has 16 heavy (non-hydrogen) atoms. The predicted octanol–water partition coefficient (Wildman–Crippen LogP) is 1.26. The Morgan fingerprint density at radius 3 is 2.69 bits per heavy atom. The summed E-state index contributed by atoms with van der Waals surface area (Å²) in [6, 6.07) is 1.92. The Kier molecular flexibility index (Phi) is 3.39. The van der Waals surface area contributed by atoms with Crippen LogP contribution in [0.1, 0.15) is 35.9 Å². The molecule has 0 atom stereocenters. The van der Waals surface area contributed by atoms with Gasteiger partial charge < -0.3 is 4.90 Å². The number of hydrogen-bond acceptors (Lipinski definition) is 3. The first-order valence-corrected chi connectivity index (χ1v) is 5.93. The Morgan fingerprint density at radius 2 is 2.12 bits per heavy atom. The molecule has 4 nitrogen and oxygen atoms in total. The molecule has 0 amide bonds. The summed E-state index contributed by atoms with van der Waals surface area (Å²) in [6.45, 7) is 5.08. The lowest BCUT2D eigenvalue weighted by molar-refractivity contribution is 0.100. The Bertz CT molecular complexity index is 378. The Balaban J connectivity index is 1.94. The normalized spacial score (nSPS) is 16.9. The standard InChI is InChI=1S/C12H19N3O/c1-10(16)12-9-11(13-14(12)2)5-8-15-6-3-4-7-15/h9H,3-8H2,1-2H3. The van der Waals surface area contributed by atoms with E-state index >= 15 is 0 Å². The molecule has 0 N–H and O–H groups in total. The van der Waals surface area contributed by atoms with E-state index in [-0.39, 0.29) is 5.78 Å². The molecule has 0 spiro atoms. The number of nitrogens with zero attached hydrogens (tertiary/aromatic N) is 3. The molecule has 1 aliphatic rings. The maximum atomic E-state index is 11.3. The summed E-state index contributed by atoms with van der Waals surface area (Å²) >= 11 is 0. The van der Waals surface area contributed by atoms with Crippen LogP contribution < -0.4 is 0 Å². The summed E-state index contributed by atoms with van der Waals surface area (Å²) < 4.78 is 1.68. The number of aromatic nitrogens is 2. The summed E-state index contributed by atoms with van der Waals surface area (Å²) in [6.07, 6.45) is 3.59. The average Bonchev–Trinajstić information content (AvgIpc) is 2.83. The minimum atomic E-state index is 0.0856. The van der Waals surface area contributed by atoms with E-state index in [0.717, 1.165) is 18.7 Å². The van der Waals surface area contributed by atoms with Gasteiger partial charge in [0.25, 0.3) is 0 Å². The average molecular weight is 221 g/mol. The molecular weight excluding hydrogens is 202 g/mol. The molecule has 2 heterocycles. The molecule has 2 rings (SSSR count). The minimum Gasteiger partial charge on any atom is -0.303 e. The maximum absolute atomic E-state index is 11.3. The number of carbonyl (C=O) groups excluding carboxylic acids is 1. The van der Waals surface area contributed by atoms with E-state index in [0.29, 0.717) is 5.69 Å². The van der Waals surface area contributed by atoms with Gasteiger partial charge in [0, 0.05) is 26.9 Å². The van der Waals surface area contributed by atoms with Crippen molar-refractivity contribution in [3.8, 4) is 0 Å². The highest BCUT2D eigenvalue weighted by atomic mass is 16.1. The number of hydrogen-bond donors (Lipinski definition) is 0. The largest absolute Gasteiger partial charge is 0.303 e. The van der Waals surface area contributed by atoms with Gasteiger partial charge in [0.05, 0.1) is 5.69 Å². The lowest BCUT2D eigenvalue weighted by atomic mass is 10.2. The molecule has 88 valence electrons. The fourth-order valence-electron chi connectivity index (χ4n) is 2.26. The van der Waals surface area contributed by atoms with Crippen molar-refractivity contribution in [1.29, 1.82) is 0 Å². The lowest BCUT2D eigenvalue weighted by Gasteiger charge is -2.12. The van der Waals surface area contributed by atoms with Crippen molar-refractivity contribution < 1.29 is 4.79 Å². The van der Waals surface area contributed by atoms with Crippen LogP contribution in [0.3, 0.4) is 0 Å². The SMILES string of the molecule is CC(=O)c1cc(CCN2CCCC2)nn1C. The van der Waals surface area contributed by atoms with Gasteiger partial charge in [-0.1, -0.05) is 0 Å². The molecule has 1 aromatic rings. The number of likely N-dealkylation sites (tertiary alicyclic amines) is 1. The number of aryl methyl sites for hydroxylation is 1. The van der Waals surface area contributed by atoms with Gasteiger partial charge in [0.15, 0.2) is 5.78 Å². The molecule has 1 aromatic heterocycles. The van der Waals surface area contributed by atoms with Gasteiger partial charge in [-0.05, 0) is 32.0 Å². The first-order chi connectivity index (χ1) is 7.66. The van der Waals surface area contributed by atoms with Crippen molar-refractivity contribution in [2.75, 3.05) is 19.6 Å². The second-order valence-corrected chi connectivity index (χ2v) is 4.50. The second-order valence-electron chi connectivity index (χ2n) is 4.50. The minimum absolute atomic E-state index is 0.0856. The third-order valence-electron chi connectivity index (χ3n) is 3.17. The van der Waals surface area contributed by atoms with E-state index in [9.17, 15) is 4.79 Å². The van der Waals surface area contributed by atoms with Gasteiger partial charge >= 0.3 is 0 Å². The Morgan fingerprint density at radius 1 is 1.44 bits per heavy atom. The molecule has 0 radical (unpaired) electrons. The van der Waals surface area contributed by atoms with Crippen LogP contribution >= 0.6 is 0 Å². The van der Waals surface area contributed by atoms with E-state index < -0.39 is 0 Å². The summed E-state index contributed by atoms with van der Waals surface area (Å²) in [4.78, 5) is 13.7. The Hall–Kier alpha value is -1.16. The van der Waals surface area contributed by atoms with Crippen molar-refractivity contribution >= 4 is 5.78 Å². The molecule has 4 heteroatoms. The van der Waals surface area contributed by atoms with Crippen molar-refractivity contribution in [2.24, 2.45) is 7.05 Å². The van der Waals surface area contributed by atoms with Crippen LogP contribution in [0.5, 0.6) is 0 Å². The highest BCUT2D eigenvalue weighted by Gasteiger charge is 2.13. The Labute approximate surface area is 96.2 Å². The highest BCUT2D eigenvalue weighted by molar-refractivity contribution is 5.92. The van der Waals surface area contributed by atoms with E-state index in [4.69, 9.17) is 0 Å². The smallest absolute Gasteiger partial charge is 0.177 e. The van der Waals surface area contributed by atoms with Crippen LogP contribution in [0.4, 0.5) is 0 Å². The zero-order valence-electron chi connectivity index (χ0n) is 10.1. The fourth-order valence-corrected chi connectivity index (χ4v) is 2.26. The lowest BCUT2D eigenvalue weighted by Crippen LogP contribution is -2.22. The number of rotatable bonds is 4. The third-order valence-corrected chi connectivity index (χ3v) is 3.17. The summed E-state index contributed by atoms with van der Waals surface area (Å²) in [5, 5.41) is 4.36. The zero-order valence-corrected chi connectivity index (χ0v) is 10.1. The van der Waals surface area contributed by atoms with Gasteiger partial charge in [0.2, 0.25) is 0 Å². The molecule has 0 unspecified atom stereocenters. The summed E-state index contributed by atoms with van der Waals surface area (Å²) in [7, 11) is 1.83. The molecule has 1 fully saturated rings. The third kappa shape index (κ3) is 2.50. The second kappa shape index (κ2) is 4.78. The van der Waals surface area contributed by atoms with Crippen molar-refractivity contribution in [3.05, 3.63) is 17.5 Å². The predicted molar refractivity (Wildman–Crippen MR) is 62.6 cm³/mol. The number of Topliss-reactive ketones (excluding diaryl/α,β-unsaturated/α-hetero) is 1. The van der Waals surface area contributed by atoms with Crippen molar-refractivity contribution in [3.63, 3.8) is 0 Å². The summed E-state index contributed by atoms with van der Waals surface area (Å²) in [5.41, 5.74) is 1.73. The fraction of sp³-hybridized carbons (Fsp3) is 0.667. The van der Waals surface area contributed by atoms with Gasteiger partial charge in [-0.3, -0.25) is 9.48 Å². The molecule has 1 aliphatic heterocycles. The maximum Gasteiger partial charge on any atom is 0.177 e. The van der Waals surface area contributed by atoms with Crippen molar-refractivity contribution in [1.82, 2.24) is 14.7 Å². The molecule has 0 aromatic carbocycles. The van der Waals surface area contributed by atoms with Crippen LogP contribution in [0.15, 0.2) is 6.07 Å². The monoisotopic (exact) mass is 221 g/mol. The molecule has 1 saturated heterocycles. The first kappa shape index (κ1) is 11.3. The van der Waals surface area contributed by atoms with E-state index in [1.165, 1.54) is 25.9 Å². The van der Waals surface area contributed by atoms with Gasteiger partial charge in [-0.15, -0.1) is 0 Å². The highest BCUT2D eigenvalue weighted by Crippen LogP contribution is 2.10. The zero-order chi connectivity index (χ0) is 11.5. The van der Waals surface area contributed by atoms with Gasteiger partial charge in [-0.2, -0.15) is 5.10 Å². The number of carbonyl (C=O) groups is 1. The molecule has 0 saturated carbocycles. The van der Waals surface area contributed by atoms with Crippen LogP contribution in [0.2, 0.25) is 0 Å². The van der Waals surface area contributed by atoms with E-state index in [1.54, 1.807) is 11.6 Å². The quantitative estimate of drug-likeness (QED) is 0.718. The molecular formula is C12H19N3O. The van der Waals surface area contributed by atoms with Crippen LogP contribution in [-0.2, 0) is 13.5 Å².